The maximum absolute atomic E-state index is 13.7. The van der Waals surface area contributed by atoms with Gasteiger partial charge in [-0.1, -0.05) is 85.3 Å². The Hall–Kier alpha value is -3.11. The lowest BCUT2D eigenvalue weighted by Crippen LogP contribution is -2.52. The number of rotatable bonds is 10. The van der Waals surface area contributed by atoms with Crippen LogP contribution in [0.15, 0.2) is 78.9 Å². The Balaban J connectivity index is 1.97. The van der Waals surface area contributed by atoms with Crippen molar-refractivity contribution in [1.82, 2.24) is 10.2 Å². The molecule has 0 aromatic heterocycles. The monoisotopic (exact) mass is 476 g/mol. The van der Waals surface area contributed by atoms with Crippen molar-refractivity contribution in [1.29, 1.82) is 0 Å². The summed E-state index contributed by atoms with van der Waals surface area (Å²) in [6.07, 6.45) is 1.46. The zero-order chi connectivity index (χ0) is 24.5. The van der Waals surface area contributed by atoms with Gasteiger partial charge in [-0.3, -0.25) is 9.59 Å². The van der Waals surface area contributed by atoms with Gasteiger partial charge in [0.25, 0.3) is 0 Å². The molecule has 34 heavy (non-hydrogen) atoms. The molecule has 4 nitrogen and oxygen atoms in total. The molecule has 2 amide bonds. The summed E-state index contributed by atoms with van der Waals surface area (Å²) in [5.41, 5.74) is 4.00. The Labute approximate surface area is 207 Å². The van der Waals surface area contributed by atoms with E-state index in [0.29, 0.717) is 18.0 Å². The first-order chi connectivity index (χ1) is 16.4. The third-order valence-electron chi connectivity index (χ3n) is 6.14. The first kappa shape index (κ1) is 25.5. The first-order valence-corrected chi connectivity index (χ1v) is 12.2. The van der Waals surface area contributed by atoms with Crippen molar-refractivity contribution in [2.45, 2.75) is 58.7 Å². The Morgan fingerprint density at radius 1 is 0.912 bits per heavy atom. The van der Waals surface area contributed by atoms with Gasteiger partial charge < -0.3 is 10.2 Å². The van der Waals surface area contributed by atoms with E-state index in [2.05, 4.69) is 5.32 Å². The Kier molecular flexibility index (Phi) is 9.29. The van der Waals surface area contributed by atoms with Crippen LogP contribution in [0, 0.1) is 6.92 Å². The van der Waals surface area contributed by atoms with Crippen LogP contribution in [0.25, 0.3) is 0 Å². The van der Waals surface area contributed by atoms with Gasteiger partial charge in [0.05, 0.1) is 6.42 Å². The predicted octanol–water partition coefficient (Wildman–Crippen LogP) is 5.75. The van der Waals surface area contributed by atoms with Gasteiger partial charge in [0.1, 0.15) is 6.04 Å². The van der Waals surface area contributed by atoms with Crippen LogP contribution in [0.3, 0.4) is 0 Å². The molecule has 0 saturated carbocycles. The van der Waals surface area contributed by atoms with E-state index in [1.807, 2.05) is 87.5 Å². The highest BCUT2D eigenvalue weighted by Gasteiger charge is 2.31. The molecule has 0 spiro atoms. The summed E-state index contributed by atoms with van der Waals surface area (Å²) in [7, 11) is 0. The van der Waals surface area contributed by atoms with Crippen molar-refractivity contribution in [2.75, 3.05) is 0 Å². The summed E-state index contributed by atoms with van der Waals surface area (Å²) < 4.78 is 0. The third-order valence-corrected chi connectivity index (χ3v) is 6.39. The molecule has 178 valence electrons. The van der Waals surface area contributed by atoms with Crippen LogP contribution in [0.2, 0.25) is 5.02 Å². The minimum absolute atomic E-state index is 0.0254. The zero-order valence-electron chi connectivity index (χ0n) is 20.1. The topological polar surface area (TPSA) is 49.4 Å². The maximum atomic E-state index is 13.7. The van der Waals surface area contributed by atoms with Gasteiger partial charge in [0.15, 0.2) is 0 Å². The minimum Gasteiger partial charge on any atom is -0.352 e. The lowest BCUT2D eigenvalue weighted by Gasteiger charge is -2.33. The van der Waals surface area contributed by atoms with E-state index in [9.17, 15) is 9.59 Å². The lowest BCUT2D eigenvalue weighted by molar-refractivity contribution is -0.141. The van der Waals surface area contributed by atoms with Gasteiger partial charge in [0.2, 0.25) is 11.8 Å². The van der Waals surface area contributed by atoms with Gasteiger partial charge in [-0.15, -0.1) is 0 Å². The summed E-state index contributed by atoms with van der Waals surface area (Å²) >= 11 is 6.03. The number of aryl methyl sites for hydroxylation is 1. The van der Waals surface area contributed by atoms with E-state index < -0.39 is 6.04 Å². The van der Waals surface area contributed by atoms with Crippen LogP contribution in [0.4, 0.5) is 0 Å². The minimum atomic E-state index is -0.629. The fourth-order valence-electron chi connectivity index (χ4n) is 3.84. The highest BCUT2D eigenvalue weighted by atomic mass is 35.5. The zero-order valence-corrected chi connectivity index (χ0v) is 20.9. The van der Waals surface area contributed by atoms with Crippen LogP contribution in [0.1, 0.15) is 42.5 Å². The molecular formula is C29H33ClN2O2. The van der Waals surface area contributed by atoms with E-state index in [4.69, 9.17) is 11.6 Å². The molecule has 2 unspecified atom stereocenters. The number of benzene rings is 3. The normalized spacial score (nSPS) is 12.6. The quantitative estimate of drug-likeness (QED) is 0.405. The van der Waals surface area contributed by atoms with Gasteiger partial charge in [-0.2, -0.15) is 0 Å². The Bertz CT molecular complexity index is 1080. The van der Waals surface area contributed by atoms with Crippen LogP contribution < -0.4 is 5.32 Å². The van der Waals surface area contributed by atoms with Crippen LogP contribution in [-0.2, 0) is 29.0 Å². The van der Waals surface area contributed by atoms with Gasteiger partial charge in [-0.05, 0) is 54.7 Å². The van der Waals surface area contributed by atoms with Crippen molar-refractivity contribution in [3.8, 4) is 0 Å². The SMILES string of the molecule is CCC(C)NC(=O)C(Cc1ccccc1)N(Cc1ccccc1C)C(=O)Cc1ccc(Cl)cc1. The second-order valence-electron chi connectivity index (χ2n) is 8.77. The summed E-state index contributed by atoms with van der Waals surface area (Å²) in [4.78, 5) is 29.0. The van der Waals surface area contributed by atoms with Crippen molar-refractivity contribution >= 4 is 23.4 Å². The molecular weight excluding hydrogens is 444 g/mol. The molecule has 3 rings (SSSR count). The molecule has 0 aliphatic heterocycles. The number of nitrogens with zero attached hydrogens (tertiary/aromatic N) is 1. The Morgan fingerprint density at radius 2 is 1.56 bits per heavy atom. The van der Waals surface area contributed by atoms with E-state index in [1.54, 1.807) is 17.0 Å². The average molecular weight is 477 g/mol. The maximum Gasteiger partial charge on any atom is 0.243 e. The molecule has 3 aromatic carbocycles. The van der Waals surface area contributed by atoms with Crippen molar-refractivity contribution < 1.29 is 9.59 Å². The number of carbonyl (C=O) groups excluding carboxylic acids is 2. The highest BCUT2D eigenvalue weighted by Crippen LogP contribution is 2.19. The smallest absolute Gasteiger partial charge is 0.243 e. The molecule has 0 aliphatic rings. The molecule has 5 heteroatoms. The number of halogens is 1. The van der Waals surface area contributed by atoms with Gasteiger partial charge in [0, 0.05) is 24.0 Å². The fourth-order valence-corrected chi connectivity index (χ4v) is 3.97. The van der Waals surface area contributed by atoms with Crippen LogP contribution in [-0.4, -0.2) is 28.8 Å². The van der Waals surface area contributed by atoms with E-state index in [1.165, 1.54) is 0 Å². The first-order valence-electron chi connectivity index (χ1n) is 11.8. The lowest BCUT2D eigenvalue weighted by atomic mass is 10.00. The van der Waals surface area contributed by atoms with Crippen LogP contribution >= 0.6 is 11.6 Å². The molecule has 0 radical (unpaired) electrons. The molecule has 2 atom stereocenters. The van der Waals surface area contributed by atoms with Crippen molar-refractivity contribution in [3.63, 3.8) is 0 Å². The number of hydrogen-bond donors (Lipinski definition) is 1. The van der Waals surface area contributed by atoms with Crippen molar-refractivity contribution in [2.24, 2.45) is 0 Å². The van der Waals surface area contributed by atoms with Crippen LogP contribution in [0.5, 0.6) is 0 Å². The van der Waals surface area contributed by atoms with Crippen molar-refractivity contribution in [3.05, 3.63) is 106 Å². The molecule has 0 fully saturated rings. The second kappa shape index (κ2) is 12.4. The number of carbonyl (C=O) groups is 2. The summed E-state index contributed by atoms with van der Waals surface area (Å²) in [5, 5.41) is 3.73. The Morgan fingerprint density at radius 3 is 2.21 bits per heavy atom. The molecule has 1 N–H and O–H groups in total. The van der Waals surface area contributed by atoms with E-state index in [0.717, 1.165) is 28.7 Å². The molecule has 0 aliphatic carbocycles. The second-order valence-corrected chi connectivity index (χ2v) is 9.21. The number of nitrogens with one attached hydrogen (secondary N) is 1. The summed E-state index contributed by atoms with van der Waals surface area (Å²) in [6, 6.07) is 24.5. The van der Waals surface area contributed by atoms with E-state index >= 15 is 0 Å². The largest absolute Gasteiger partial charge is 0.352 e. The number of hydrogen-bond acceptors (Lipinski definition) is 2. The highest BCUT2D eigenvalue weighted by molar-refractivity contribution is 6.30. The molecule has 0 heterocycles. The molecule has 3 aromatic rings. The summed E-state index contributed by atoms with van der Waals surface area (Å²) in [6.45, 7) is 6.42. The number of amides is 2. The molecule has 0 bridgehead atoms. The van der Waals surface area contributed by atoms with Gasteiger partial charge >= 0.3 is 0 Å². The fraction of sp³-hybridized carbons (Fsp3) is 0.310. The summed E-state index contributed by atoms with van der Waals surface area (Å²) in [5.74, 6) is -0.220. The van der Waals surface area contributed by atoms with E-state index in [-0.39, 0.29) is 24.3 Å². The molecule has 0 saturated heterocycles. The van der Waals surface area contributed by atoms with Gasteiger partial charge in [-0.25, -0.2) is 0 Å². The standard InChI is InChI=1S/C29H33ClN2O2/c1-4-22(3)31-29(34)27(18-23-11-6-5-7-12-23)32(20-25-13-9-8-10-21(25)2)28(33)19-24-14-16-26(30)17-15-24/h5-17,22,27H,4,18-20H2,1-3H3,(H,31,34). The average Bonchev–Trinajstić information content (AvgIpc) is 2.84. The predicted molar refractivity (Wildman–Crippen MR) is 139 cm³/mol. The third kappa shape index (κ3) is 7.19.